The lowest BCUT2D eigenvalue weighted by atomic mass is 9.72. The molecule has 332 valence electrons. The van der Waals surface area contributed by atoms with E-state index in [9.17, 15) is 0 Å². The Kier molecular flexibility index (Phi) is 10.4. The van der Waals surface area contributed by atoms with Gasteiger partial charge in [0, 0.05) is 39.4 Å². The lowest BCUT2D eigenvalue weighted by Crippen LogP contribution is -2.25. The van der Waals surface area contributed by atoms with Gasteiger partial charge in [0.25, 0.3) is 0 Å². The summed E-state index contributed by atoms with van der Waals surface area (Å²) in [5.74, 6) is 4.61. The summed E-state index contributed by atoms with van der Waals surface area (Å²) in [6.07, 6.45) is 25.7. The van der Waals surface area contributed by atoms with E-state index in [0.717, 1.165) is 59.8 Å². The molecule has 1 fully saturated rings. The summed E-state index contributed by atoms with van der Waals surface area (Å²) in [5.41, 5.74) is 15.9. The van der Waals surface area contributed by atoms with Crippen molar-refractivity contribution in [2.45, 2.75) is 71.3 Å². The van der Waals surface area contributed by atoms with Crippen LogP contribution in [0.15, 0.2) is 193 Å². The predicted octanol–water partition coefficient (Wildman–Crippen LogP) is 17.2. The number of benzene rings is 6. The molecule has 7 aromatic rings. The number of fused-ring (bicyclic) bond motifs is 7. The van der Waals surface area contributed by atoms with Crippen molar-refractivity contribution in [3.05, 3.63) is 216 Å². The lowest BCUT2D eigenvalue weighted by molar-refractivity contribution is 0.183. The molecular formula is C64H59NO2. The van der Waals surface area contributed by atoms with Gasteiger partial charge in [-0.05, 0) is 136 Å². The van der Waals surface area contributed by atoms with E-state index in [2.05, 4.69) is 227 Å². The second-order valence-corrected chi connectivity index (χ2v) is 20.2. The summed E-state index contributed by atoms with van der Waals surface area (Å²) < 4.78 is 13.0. The van der Waals surface area contributed by atoms with E-state index in [1.54, 1.807) is 0 Å². The molecule has 12 rings (SSSR count). The van der Waals surface area contributed by atoms with Gasteiger partial charge in [0.05, 0.1) is 5.69 Å². The third-order valence-electron chi connectivity index (χ3n) is 16.1. The zero-order valence-electron chi connectivity index (χ0n) is 39.1. The Labute approximate surface area is 396 Å². The monoisotopic (exact) mass is 873 g/mol. The third kappa shape index (κ3) is 7.00. The number of allylic oxidation sites excluding steroid dienone is 9. The Bertz CT molecular complexity index is 3150. The molecule has 7 atom stereocenters. The molecule has 0 amide bonds. The molecule has 2 heterocycles. The quantitative estimate of drug-likeness (QED) is 0.137. The van der Waals surface area contributed by atoms with Crippen LogP contribution in [0.5, 0.6) is 5.75 Å². The van der Waals surface area contributed by atoms with E-state index < -0.39 is 0 Å². The van der Waals surface area contributed by atoms with E-state index in [4.69, 9.17) is 9.15 Å². The van der Waals surface area contributed by atoms with Gasteiger partial charge in [0.1, 0.15) is 23.2 Å². The molecule has 5 aliphatic rings. The Morgan fingerprint density at radius 1 is 0.672 bits per heavy atom. The second-order valence-electron chi connectivity index (χ2n) is 20.2. The van der Waals surface area contributed by atoms with Crippen LogP contribution in [0.1, 0.15) is 86.8 Å². The van der Waals surface area contributed by atoms with Crippen molar-refractivity contribution >= 4 is 39.7 Å². The first kappa shape index (κ1) is 41.6. The maximum Gasteiger partial charge on any atom is 0.135 e. The highest BCUT2D eigenvalue weighted by atomic mass is 16.5. The van der Waals surface area contributed by atoms with Crippen molar-refractivity contribution in [1.29, 1.82) is 0 Å². The average Bonchev–Trinajstić information content (AvgIpc) is 4.02. The van der Waals surface area contributed by atoms with Crippen molar-refractivity contribution < 1.29 is 9.15 Å². The van der Waals surface area contributed by atoms with Crippen LogP contribution in [0.3, 0.4) is 0 Å². The van der Waals surface area contributed by atoms with Gasteiger partial charge in [0.15, 0.2) is 0 Å². The summed E-state index contributed by atoms with van der Waals surface area (Å²) in [6, 6.07) is 51.8. The SMILES string of the molecule is CCCC1Oc2ccccc2C1C(C)c1ccc(N(c2ccc(-c3cccc4oc5c(c34)CCC=C5)cc2)c2ccccc2-c2ccccc2C2=CC3C4C=CC=CC4C(C)(C)C3C=C2)cc1. The Balaban J connectivity index is 0.958. The zero-order valence-corrected chi connectivity index (χ0v) is 39.1. The van der Waals surface area contributed by atoms with Crippen LogP contribution in [-0.4, -0.2) is 6.10 Å². The Morgan fingerprint density at radius 2 is 1.37 bits per heavy atom. The smallest absolute Gasteiger partial charge is 0.135 e. The van der Waals surface area contributed by atoms with E-state index in [1.165, 1.54) is 55.5 Å². The van der Waals surface area contributed by atoms with Crippen LogP contribution < -0.4 is 9.64 Å². The molecule has 67 heavy (non-hydrogen) atoms. The topological polar surface area (TPSA) is 25.6 Å². The molecule has 0 spiro atoms. The van der Waals surface area contributed by atoms with Gasteiger partial charge in [-0.2, -0.15) is 0 Å². The third-order valence-corrected chi connectivity index (χ3v) is 16.1. The number of ether oxygens (including phenoxy) is 1. The summed E-state index contributed by atoms with van der Waals surface area (Å²) in [6.45, 7) is 9.58. The lowest BCUT2D eigenvalue weighted by Gasteiger charge is -2.33. The van der Waals surface area contributed by atoms with E-state index in [-0.39, 0.29) is 17.4 Å². The molecule has 0 bridgehead atoms. The number of hydrogen-bond donors (Lipinski definition) is 0. The molecule has 0 saturated heterocycles. The largest absolute Gasteiger partial charge is 0.489 e. The minimum Gasteiger partial charge on any atom is -0.489 e. The molecule has 1 aliphatic heterocycles. The number of para-hydroxylation sites is 2. The standard InChI is InChI=1S/C64H59NO2/c1-5-17-60-62(52-22-10-14-27-58(52)66-60)41(2)42-30-35-45(36-31-42)65(46-37-32-43(33-38-46)48-24-16-29-61-63(48)53-23-11-15-28-59(53)67-61)57-26-13-9-21-51(57)49-19-7-6-18-47(49)44-34-39-56-54(40-44)50-20-8-12-25-55(50)64(56,3)4/h6-10,12-16,18-22,24-41,50,54-56,60,62H,5,11,17,23H2,1-4H3. The Hall–Kier alpha value is -6.84. The molecule has 6 aromatic carbocycles. The first-order chi connectivity index (χ1) is 32.9. The van der Waals surface area contributed by atoms with Gasteiger partial charge >= 0.3 is 0 Å². The van der Waals surface area contributed by atoms with Crippen LogP contribution in [0.4, 0.5) is 17.1 Å². The number of aryl methyl sites for hydroxylation is 1. The van der Waals surface area contributed by atoms with Gasteiger partial charge in [-0.15, -0.1) is 0 Å². The van der Waals surface area contributed by atoms with Gasteiger partial charge in [-0.1, -0.05) is 180 Å². The van der Waals surface area contributed by atoms with E-state index >= 15 is 0 Å². The maximum atomic E-state index is 6.60. The minimum absolute atomic E-state index is 0.173. The van der Waals surface area contributed by atoms with Gasteiger partial charge in [0.2, 0.25) is 0 Å². The van der Waals surface area contributed by atoms with Crippen LogP contribution in [0.25, 0.3) is 44.9 Å². The summed E-state index contributed by atoms with van der Waals surface area (Å²) >= 11 is 0. The van der Waals surface area contributed by atoms with Crippen LogP contribution in [0, 0.1) is 29.1 Å². The average molecular weight is 874 g/mol. The van der Waals surface area contributed by atoms with Crippen LogP contribution in [-0.2, 0) is 6.42 Å². The summed E-state index contributed by atoms with van der Waals surface area (Å²) in [4.78, 5) is 2.47. The van der Waals surface area contributed by atoms with E-state index in [0.29, 0.717) is 29.6 Å². The molecule has 4 aliphatic carbocycles. The fourth-order valence-corrected chi connectivity index (χ4v) is 12.8. The van der Waals surface area contributed by atoms with Crippen LogP contribution in [0.2, 0.25) is 0 Å². The van der Waals surface area contributed by atoms with Crippen molar-refractivity contribution in [1.82, 2.24) is 0 Å². The molecule has 0 radical (unpaired) electrons. The fourth-order valence-electron chi connectivity index (χ4n) is 12.8. The highest BCUT2D eigenvalue weighted by Crippen LogP contribution is 2.59. The van der Waals surface area contributed by atoms with Gasteiger partial charge < -0.3 is 14.1 Å². The molecule has 7 unspecified atom stereocenters. The fraction of sp³-hybridized carbons (Fsp3) is 0.250. The number of furan rings is 1. The molecule has 3 nitrogen and oxygen atoms in total. The number of nitrogens with zero attached hydrogens (tertiary/aromatic N) is 1. The Morgan fingerprint density at radius 3 is 2.19 bits per heavy atom. The highest BCUT2D eigenvalue weighted by Gasteiger charge is 2.52. The van der Waals surface area contributed by atoms with Crippen molar-refractivity contribution in [3.8, 4) is 28.0 Å². The van der Waals surface area contributed by atoms with Crippen molar-refractivity contribution in [2.75, 3.05) is 4.90 Å². The van der Waals surface area contributed by atoms with Crippen LogP contribution >= 0.6 is 0 Å². The zero-order chi connectivity index (χ0) is 45.2. The molecule has 0 N–H and O–H groups in total. The van der Waals surface area contributed by atoms with Crippen molar-refractivity contribution in [2.24, 2.45) is 29.1 Å². The number of hydrogen-bond acceptors (Lipinski definition) is 3. The number of rotatable bonds is 10. The first-order valence-corrected chi connectivity index (χ1v) is 24.8. The molecular weight excluding hydrogens is 815 g/mol. The second kappa shape index (κ2) is 16.8. The molecule has 3 heteroatoms. The van der Waals surface area contributed by atoms with Gasteiger partial charge in [-0.25, -0.2) is 0 Å². The minimum atomic E-state index is 0.173. The predicted molar refractivity (Wildman–Crippen MR) is 279 cm³/mol. The highest BCUT2D eigenvalue weighted by molar-refractivity contribution is 5.99. The first-order valence-electron chi connectivity index (χ1n) is 24.8. The normalized spacial score (nSPS) is 23.3. The van der Waals surface area contributed by atoms with Crippen molar-refractivity contribution in [3.63, 3.8) is 0 Å². The molecule has 1 saturated carbocycles. The summed E-state index contributed by atoms with van der Waals surface area (Å²) in [7, 11) is 0. The molecule has 1 aromatic heterocycles. The van der Waals surface area contributed by atoms with Gasteiger partial charge in [-0.3, -0.25) is 0 Å². The maximum absolute atomic E-state index is 6.60. The van der Waals surface area contributed by atoms with E-state index in [1.807, 2.05) is 0 Å². The number of anilines is 3. The summed E-state index contributed by atoms with van der Waals surface area (Å²) in [5, 5.41) is 1.24.